The van der Waals surface area contributed by atoms with Crippen LogP contribution in [0.25, 0.3) is 10.8 Å². The largest absolute Gasteiger partial charge is 0.427 e. The Labute approximate surface area is 100 Å². The molecular weight excluding hydrogens is 214 g/mol. The van der Waals surface area contributed by atoms with E-state index in [-0.39, 0.29) is 5.97 Å². The molecule has 0 aliphatic heterocycles. The lowest BCUT2D eigenvalue weighted by Gasteiger charge is -2.06. The summed E-state index contributed by atoms with van der Waals surface area (Å²) in [5, 5.41) is 1.95. The number of esters is 1. The lowest BCUT2D eigenvalue weighted by molar-refractivity contribution is -0.134. The van der Waals surface area contributed by atoms with Crippen LogP contribution in [0.2, 0.25) is 0 Å². The van der Waals surface area contributed by atoms with Gasteiger partial charge in [0, 0.05) is 17.5 Å². The molecule has 17 heavy (non-hydrogen) atoms. The van der Waals surface area contributed by atoms with Gasteiger partial charge < -0.3 is 10.5 Å². The zero-order valence-electron chi connectivity index (χ0n) is 9.77. The van der Waals surface area contributed by atoms with Gasteiger partial charge in [-0.05, 0) is 30.0 Å². The van der Waals surface area contributed by atoms with E-state index in [1.807, 2.05) is 31.2 Å². The highest BCUT2D eigenvalue weighted by Gasteiger charge is 2.05. The van der Waals surface area contributed by atoms with Crippen LogP contribution in [0.1, 0.15) is 19.8 Å². The molecule has 0 bridgehead atoms. The minimum Gasteiger partial charge on any atom is -0.427 e. The van der Waals surface area contributed by atoms with Crippen molar-refractivity contribution in [3.05, 3.63) is 36.4 Å². The quantitative estimate of drug-likeness (QED) is 0.499. The summed E-state index contributed by atoms with van der Waals surface area (Å²) in [6.45, 7) is 1.94. The maximum atomic E-state index is 11.4. The van der Waals surface area contributed by atoms with E-state index in [1.54, 1.807) is 12.1 Å². The summed E-state index contributed by atoms with van der Waals surface area (Å²) in [6.07, 6.45) is 1.22. The minimum atomic E-state index is -0.207. The van der Waals surface area contributed by atoms with E-state index in [4.69, 9.17) is 10.5 Å². The van der Waals surface area contributed by atoms with E-state index in [1.165, 1.54) is 0 Å². The molecule has 3 heteroatoms. The number of benzene rings is 2. The van der Waals surface area contributed by atoms with Gasteiger partial charge in [-0.1, -0.05) is 25.1 Å². The summed E-state index contributed by atoms with van der Waals surface area (Å²) in [5.41, 5.74) is 6.56. The zero-order valence-corrected chi connectivity index (χ0v) is 9.77. The second kappa shape index (κ2) is 4.87. The van der Waals surface area contributed by atoms with Gasteiger partial charge in [-0.25, -0.2) is 0 Å². The van der Waals surface area contributed by atoms with Gasteiger partial charge in [0.1, 0.15) is 5.75 Å². The summed E-state index contributed by atoms with van der Waals surface area (Å²) in [5.74, 6) is 0.343. The van der Waals surface area contributed by atoms with E-state index >= 15 is 0 Å². The first-order valence-electron chi connectivity index (χ1n) is 5.69. The average molecular weight is 229 g/mol. The van der Waals surface area contributed by atoms with Gasteiger partial charge in [0.15, 0.2) is 0 Å². The molecule has 2 aromatic rings. The third-order valence-electron chi connectivity index (χ3n) is 2.57. The molecule has 3 nitrogen and oxygen atoms in total. The number of carbonyl (C=O) groups excluding carboxylic acids is 1. The number of rotatable bonds is 3. The lowest BCUT2D eigenvalue weighted by Crippen LogP contribution is -2.06. The monoisotopic (exact) mass is 229 g/mol. The van der Waals surface area contributed by atoms with Gasteiger partial charge in [0.25, 0.3) is 0 Å². The molecule has 0 atom stereocenters. The first kappa shape index (κ1) is 11.5. The predicted molar refractivity (Wildman–Crippen MR) is 68.9 cm³/mol. The first-order valence-corrected chi connectivity index (χ1v) is 5.69. The fraction of sp³-hybridized carbons (Fsp3) is 0.214. The van der Waals surface area contributed by atoms with Crippen molar-refractivity contribution in [1.82, 2.24) is 0 Å². The molecule has 0 aliphatic rings. The number of hydrogen-bond donors (Lipinski definition) is 1. The van der Waals surface area contributed by atoms with Crippen molar-refractivity contribution in [3.63, 3.8) is 0 Å². The van der Waals surface area contributed by atoms with Crippen LogP contribution in [0.15, 0.2) is 36.4 Å². The average Bonchev–Trinajstić information content (AvgIpc) is 2.30. The number of anilines is 1. The fourth-order valence-corrected chi connectivity index (χ4v) is 1.73. The second-order valence-corrected chi connectivity index (χ2v) is 3.95. The Kier molecular flexibility index (Phi) is 3.28. The van der Waals surface area contributed by atoms with Crippen molar-refractivity contribution < 1.29 is 9.53 Å². The van der Waals surface area contributed by atoms with Gasteiger partial charge in [-0.15, -0.1) is 0 Å². The van der Waals surface area contributed by atoms with Crippen LogP contribution in [0.4, 0.5) is 5.69 Å². The van der Waals surface area contributed by atoms with Crippen molar-refractivity contribution >= 4 is 22.4 Å². The van der Waals surface area contributed by atoms with Crippen LogP contribution in [0.3, 0.4) is 0 Å². The molecule has 2 rings (SSSR count). The topological polar surface area (TPSA) is 52.3 Å². The number of nitrogens with two attached hydrogens (primary N) is 1. The Morgan fingerprint density at radius 3 is 2.88 bits per heavy atom. The molecule has 0 aromatic heterocycles. The van der Waals surface area contributed by atoms with Crippen LogP contribution < -0.4 is 10.5 Å². The fourth-order valence-electron chi connectivity index (χ4n) is 1.73. The van der Waals surface area contributed by atoms with Crippen LogP contribution in [-0.2, 0) is 4.79 Å². The Morgan fingerprint density at radius 1 is 1.29 bits per heavy atom. The van der Waals surface area contributed by atoms with Crippen LogP contribution in [0.5, 0.6) is 5.75 Å². The standard InChI is InChI=1S/C14H15NO2/c1-2-4-14(16)17-11-8-7-10-5-3-6-13(15)12(10)9-11/h3,5-9H,2,4,15H2,1H3. The summed E-state index contributed by atoms with van der Waals surface area (Å²) in [7, 11) is 0. The molecule has 88 valence electrons. The molecule has 0 heterocycles. The highest BCUT2D eigenvalue weighted by atomic mass is 16.5. The van der Waals surface area contributed by atoms with Gasteiger partial charge in [0.2, 0.25) is 0 Å². The SMILES string of the molecule is CCCC(=O)Oc1ccc2cccc(N)c2c1. The molecular formula is C14H15NO2. The predicted octanol–water partition coefficient (Wildman–Crippen LogP) is 3.13. The molecule has 0 spiro atoms. The minimum absolute atomic E-state index is 0.207. The number of carbonyl (C=O) groups is 1. The molecule has 0 amide bonds. The summed E-state index contributed by atoms with van der Waals surface area (Å²) >= 11 is 0. The van der Waals surface area contributed by atoms with Gasteiger partial charge in [-0.3, -0.25) is 4.79 Å². The Balaban J connectivity index is 2.31. The van der Waals surface area contributed by atoms with E-state index in [0.29, 0.717) is 17.9 Å². The Bertz CT molecular complexity index is 549. The number of hydrogen-bond acceptors (Lipinski definition) is 3. The Hall–Kier alpha value is -2.03. The van der Waals surface area contributed by atoms with Crippen LogP contribution >= 0.6 is 0 Å². The molecule has 2 aromatic carbocycles. The maximum absolute atomic E-state index is 11.4. The smallest absolute Gasteiger partial charge is 0.311 e. The van der Waals surface area contributed by atoms with E-state index in [0.717, 1.165) is 17.2 Å². The maximum Gasteiger partial charge on any atom is 0.311 e. The number of nitrogen functional groups attached to an aromatic ring is 1. The molecule has 0 saturated heterocycles. The van der Waals surface area contributed by atoms with Crippen LogP contribution in [0, 0.1) is 0 Å². The molecule has 0 unspecified atom stereocenters. The highest BCUT2D eigenvalue weighted by molar-refractivity contribution is 5.94. The van der Waals surface area contributed by atoms with Crippen molar-refractivity contribution in [3.8, 4) is 5.75 Å². The highest BCUT2D eigenvalue weighted by Crippen LogP contribution is 2.25. The van der Waals surface area contributed by atoms with Crippen molar-refractivity contribution in [2.24, 2.45) is 0 Å². The summed E-state index contributed by atoms with van der Waals surface area (Å²) in [6, 6.07) is 11.2. The van der Waals surface area contributed by atoms with E-state index < -0.39 is 0 Å². The van der Waals surface area contributed by atoms with E-state index in [9.17, 15) is 4.79 Å². The third kappa shape index (κ3) is 2.56. The molecule has 2 N–H and O–H groups in total. The van der Waals surface area contributed by atoms with Gasteiger partial charge >= 0.3 is 5.97 Å². The second-order valence-electron chi connectivity index (χ2n) is 3.95. The van der Waals surface area contributed by atoms with Gasteiger partial charge in [-0.2, -0.15) is 0 Å². The normalized spacial score (nSPS) is 10.4. The van der Waals surface area contributed by atoms with Crippen molar-refractivity contribution in [2.75, 3.05) is 5.73 Å². The van der Waals surface area contributed by atoms with Gasteiger partial charge in [0.05, 0.1) is 0 Å². The third-order valence-corrected chi connectivity index (χ3v) is 2.57. The summed E-state index contributed by atoms with van der Waals surface area (Å²) < 4.78 is 5.22. The molecule has 0 fully saturated rings. The first-order chi connectivity index (χ1) is 8.20. The van der Waals surface area contributed by atoms with Crippen LogP contribution in [-0.4, -0.2) is 5.97 Å². The zero-order chi connectivity index (χ0) is 12.3. The molecule has 0 radical (unpaired) electrons. The van der Waals surface area contributed by atoms with Crippen molar-refractivity contribution in [2.45, 2.75) is 19.8 Å². The number of ether oxygens (including phenoxy) is 1. The Morgan fingerprint density at radius 2 is 2.12 bits per heavy atom. The van der Waals surface area contributed by atoms with E-state index in [2.05, 4.69) is 0 Å². The molecule has 0 aliphatic carbocycles. The number of fused-ring (bicyclic) bond motifs is 1. The molecule has 0 saturated carbocycles. The van der Waals surface area contributed by atoms with Crippen molar-refractivity contribution in [1.29, 1.82) is 0 Å². The lowest BCUT2D eigenvalue weighted by atomic mass is 10.1. The summed E-state index contributed by atoms with van der Waals surface area (Å²) in [4.78, 5) is 11.4.